The molecule has 1 aliphatic rings. The van der Waals surface area contributed by atoms with Gasteiger partial charge < -0.3 is 24.0 Å². The van der Waals surface area contributed by atoms with Crippen molar-refractivity contribution in [3.8, 4) is 23.1 Å². The molecule has 0 aliphatic carbocycles. The van der Waals surface area contributed by atoms with Crippen molar-refractivity contribution in [2.24, 2.45) is 0 Å². The molecule has 1 aliphatic heterocycles. The molecule has 0 radical (unpaired) electrons. The third-order valence-corrected chi connectivity index (χ3v) is 9.52. The zero-order valence-corrected chi connectivity index (χ0v) is 31.7. The molecule has 4 aromatic carbocycles. The van der Waals surface area contributed by atoms with Gasteiger partial charge in [0.25, 0.3) is 0 Å². The Balaban J connectivity index is 0.922. The van der Waals surface area contributed by atoms with Crippen molar-refractivity contribution in [1.82, 2.24) is 14.8 Å². The van der Waals surface area contributed by atoms with Gasteiger partial charge in [-0.05, 0) is 90.2 Å². The van der Waals surface area contributed by atoms with Crippen molar-refractivity contribution in [2.45, 2.75) is 33.4 Å². The summed E-state index contributed by atoms with van der Waals surface area (Å²) < 4.78 is 17.8. The molecule has 0 bridgehead atoms. The van der Waals surface area contributed by atoms with Gasteiger partial charge in [0.1, 0.15) is 18.1 Å². The number of hydrogen-bond donors (Lipinski definition) is 0. The van der Waals surface area contributed by atoms with Gasteiger partial charge in [0.15, 0.2) is 5.75 Å². The number of benzene rings is 4. The highest BCUT2D eigenvalue weighted by Crippen LogP contribution is 2.34. The number of piperazine rings is 1. The standard InChI is InChI=1S/C44H47ClN4O4/c1-32-5-7-36(8-6-32)31-52-40-18-19-42(46-29-40)53-44-33(2)27-37(28-41(44)45)13-20-43(50)49-24-22-48(23-25-49)30-35-11-9-34(10-12-35)21-26-51-39-16-14-38(15-17-39)47(3)4/h5-20,27-29H,21-26,30-31H2,1-4H3. The van der Waals surface area contributed by atoms with Crippen LogP contribution in [0, 0.1) is 13.8 Å². The Morgan fingerprint density at radius 2 is 1.49 bits per heavy atom. The second-order valence-electron chi connectivity index (χ2n) is 13.6. The summed E-state index contributed by atoms with van der Waals surface area (Å²) in [5.74, 6) is 2.47. The van der Waals surface area contributed by atoms with Gasteiger partial charge in [0.05, 0.1) is 17.8 Å². The first-order valence-corrected chi connectivity index (χ1v) is 18.4. The number of pyridine rings is 1. The average molecular weight is 731 g/mol. The minimum absolute atomic E-state index is 0.00662. The van der Waals surface area contributed by atoms with Gasteiger partial charge in [-0.2, -0.15) is 0 Å². The first kappa shape index (κ1) is 37.4. The molecule has 2 heterocycles. The molecule has 1 amide bonds. The number of amides is 1. The van der Waals surface area contributed by atoms with E-state index in [0.717, 1.165) is 54.2 Å². The van der Waals surface area contributed by atoms with E-state index < -0.39 is 0 Å². The van der Waals surface area contributed by atoms with Crippen molar-refractivity contribution < 1.29 is 19.0 Å². The number of carbonyl (C=O) groups is 1. The Kier molecular flexibility index (Phi) is 12.7. The van der Waals surface area contributed by atoms with Crippen LogP contribution in [0.3, 0.4) is 0 Å². The third-order valence-electron chi connectivity index (χ3n) is 9.24. The number of hydrogen-bond acceptors (Lipinski definition) is 7. The zero-order valence-electron chi connectivity index (χ0n) is 30.9. The lowest BCUT2D eigenvalue weighted by Gasteiger charge is -2.34. The van der Waals surface area contributed by atoms with E-state index in [2.05, 4.69) is 82.4 Å². The molecular formula is C44H47ClN4O4. The summed E-state index contributed by atoms with van der Waals surface area (Å²) in [4.78, 5) is 23.8. The second kappa shape index (κ2) is 17.9. The molecule has 0 unspecified atom stereocenters. The number of carbonyl (C=O) groups excluding carboxylic acids is 1. The summed E-state index contributed by atoms with van der Waals surface area (Å²) in [6, 6.07) is 32.5. The van der Waals surface area contributed by atoms with Gasteiger partial charge in [-0.15, -0.1) is 0 Å². The van der Waals surface area contributed by atoms with E-state index >= 15 is 0 Å². The summed E-state index contributed by atoms with van der Waals surface area (Å²) in [5.41, 5.74) is 7.64. The molecule has 274 valence electrons. The maximum absolute atomic E-state index is 13.1. The Labute approximate surface area is 318 Å². The lowest BCUT2D eigenvalue weighted by molar-refractivity contribution is -0.127. The predicted octanol–water partition coefficient (Wildman–Crippen LogP) is 8.77. The number of rotatable bonds is 14. The largest absolute Gasteiger partial charge is 0.493 e. The Bertz CT molecular complexity index is 1950. The van der Waals surface area contributed by atoms with Crippen LogP contribution in [0.15, 0.2) is 109 Å². The topological polar surface area (TPSA) is 67.4 Å². The summed E-state index contributed by atoms with van der Waals surface area (Å²) >= 11 is 6.64. The minimum Gasteiger partial charge on any atom is -0.493 e. The van der Waals surface area contributed by atoms with Crippen molar-refractivity contribution >= 4 is 29.3 Å². The molecule has 0 atom stereocenters. The summed E-state index contributed by atoms with van der Waals surface area (Å²) in [6.07, 6.45) is 5.92. The molecule has 5 aromatic rings. The SMILES string of the molecule is Cc1ccc(COc2ccc(Oc3c(C)cc(C=CC(=O)N4CCN(Cc5ccc(CCOc6ccc(N(C)C)cc6)cc5)CC4)cc3Cl)nc2)cc1. The van der Waals surface area contributed by atoms with E-state index in [1.165, 1.54) is 16.7 Å². The normalized spacial score (nSPS) is 13.3. The number of aromatic nitrogens is 1. The fraction of sp³-hybridized carbons (Fsp3) is 0.273. The average Bonchev–Trinajstić information content (AvgIpc) is 3.17. The smallest absolute Gasteiger partial charge is 0.246 e. The molecule has 1 fully saturated rings. The molecule has 9 heteroatoms. The predicted molar refractivity (Wildman–Crippen MR) is 213 cm³/mol. The number of ether oxygens (including phenoxy) is 3. The van der Waals surface area contributed by atoms with E-state index in [1.807, 2.05) is 56.3 Å². The summed E-state index contributed by atoms with van der Waals surface area (Å²) in [5, 5.41) is 0.444. The molecular weight excluding hydrogens is 684 g/mol. The molecule has 1 aromatic heterocycles. The monoisotopic (exact) mass is 730 g/mol. The Morgan fingerprint density at radius 1 is 0.811 bits per heavy atom. The first-order chi connectivity index (χ1) is 25.7. The van der Waals surface area contributed by atoms with Crippen molar-refractivity contribution in [2.75, 3.05) is 51.8 Å². The molecule has 1 saturated heterocycles. The highest BCUT2D eigenvalue weighted by Gasteiger charge is 2.20. The van der Waals surface area contributed by atoms with Crippen LogP contribution in [0.1, 0.15) is 33.4 Å². The zero-order chi connectivity index (χ0) is 37.2. The fourth-order valence-electron chi connectivity index (χ4n) is 6.05. The van der Waals surface area contributed by atoms with Gasteiger partial charge in [0, 0.05) is 71.1 Å². The van der Waals surface area contributed by atoms with Crippen molar-refractivity contribution in [3.05, 3.63) is 148 Å². The quantitative estimate of drug-likeness (QED) is 0.106. The van der Waals surface area contributed by atoms with E-state index in [4.69, 9.17) is 25.8 Å². The minimum atomic E-state index is -0.00662. The van der Waals surface area contributed by atoms with Gasteiger partial charge in [-0.1, -0.05) is 65.7 Å². The number of nitrogens with zero attached hydrogens (tertiary/aromatic N) is 4. The first-order valence-electron chi connectivity index (χ1n) is 18.0. The molecule has 8 nitrogen and oxygen atoms in total. The number of halogens is 1. The fourth-order valence-corrected chi connectivity index (χ4v) is 6.36. The van der Waals surface area contributed by atoms with Crippen LogP contribution >= 0.6 is 11.6 Å². The Hall–Kier alpha value is -5.31. The molecule has 6 rings (SSSR count). The summed E-state index contributed by atoms with van der Waals surface area (Å²) in [6.45, 7) is 8.96. The van der Waals surface area contributed by atoms with Gasteiger partial charge in [0.2, 0.25) is 11.8 Å². The lowest BCUT2D eigenvalue weighted by Crippen LogP contribution is -2.47. The highest BCUT2D eigenvalue weighted by molar-refractivity contribution is 6.32. The van der Waals surface area contributed by atoms with Crippen LogP contribution in [-0.2, 0) is 24.4 Å². The lowest BCUT2D eigenvalue weighted by atomic mass is 10.1. The van der Waals surface area contributed by atoms with Crippen LogP contribution in [0.2, 0.25) is 5.02 Å². The van der Waals surface area contributed by atoms with Crippen LogP contribution < -0.4 is 19.1 Å². The molecule has 53 heavy (non-hydrogen) atoms. The molecule has 0 saturated carbocycles. The maximum atomic E-state index is 13.1. The third kappa shape index (κ3) is 10.9. The molecule has 0 spiro atoms. The van der Waals surface area contributed by atoms with E-state index in [9.17, 15) is 4.79 Å². The van der Waals surface area contributed by atoms with Gasteiger partial charge in [-0.3, -0.25) is 9.69 Å². The van der Waals surface area contributed by atoms with Gasteiger partial charge in [-0.25, -0.2) is 4.98 Å². The number of anilines is 1. The Morgan fingerprint density at radius 3 is 2.15 bits per heavy atom. The number of aryl methyl sites for hydroxylation is 2. The van der Waals surface area contributed by atoms with Crippen LogP contribution in [-0.4, -0.2) is 67.6 Å². The highest BCUT2D eigenvalue weighted by atomic mass is 35.5. The van der Waals surface area contributed by atoms with Crippen molar-refractivity contribution in [3.63, 3.8) is 0 Å². The van der Waals surface area contributed by atoms with Crippen LogP contribution in [0.25, 0.3) is 6.08 Å². The van der Waals surface area contributed by atoms with Crippen LogP contribution in [0.5, 0.6) is 23.1 Å². The maximum Gasteiger partial charge on any atom is 0.246 e. The van der Waals surface area contributed by atoms with E-state index in [0.29, 0.717) is 48.7 Å². The van der Waals surface area contributed by atoms with E-state index in [1.54, 1.807) is 24.4 Å². The second-order valence-corrected chi connectivity index (χ2v) is 14.0. The van der Waals surface area contributed by atoms with Gasteiger partial charge >= 0.3 is 0 Å². The summed E-state index contributed by atoms with van der Waals surface area (Å²) in [7, 11) is 4.06. The molecule has 0 N–H and O–H groups in total. The van der Waals surface area contributed by atoms with E-state index in [-0.39, 0.29) is 5.91 Å². The van der Waals surface area contributed by atoms with Crippen molar-refractivity contribution in [1.29, 1.82) is 0 Å². The van der Waals surface area contributed by atoms with Crippen LogP contribution in [0.4, 0.5) is 5.69 Å².